The highest BCUT2D eigenvalue weighted by Crippen LogP contribution is 2.39. The number of hydrogen-bond donors (Lipinski definition) is 0. The van der Waals surface area contributed by atoms with Gasteiger partial charge in [-0.25, -0.2) is 13.6 Å². The summed E-state index contributed by atoms with van der Waals surface area (Å²) < 4.78 is 65.5. The van der Waals surface area contributed by atoms with E-state index in [0.717, 1.165) is 30.3 Å². The third-order valence-corrected chi connectivity index (χ3v) is 2.67. The van der Waals surface area contributed by atoms with Crippen LogP contribution < -0.4 is 0 Å². The number of nitrogens with zero attached hydrogens (tertiary/aromatic N) is 1. The molecule has 0 spiro atoms. The van der Waals surface area contributed by atoms with Crippen molar-refractivity contribution in [3.63, 3.8) is 0 Å². The molecule has 0 heterocycles. The summed E-state index contributed by atoms with van der Waals surface area (Å²) in [6, 6.07) is 5.59. The average Bonchev–Trinajstić information content (AvgIpc) is 2.37. The quantitative estimate of drug-likeness (QED) is 0.500. The van der Waals surface area contributed by atoms with Gasteiger partial charge in [-0.1, -0.05) is 24.3 Å². The van der Waals surface area contributed by atoms with Gasteiger partial charge in [-0.05, 0) is 17.7 Å². The first-order valence-electron chi connectivity index (χ1n) is 5.37. The predicted octanol–water partition coefficient (Wildman–Crippen LogP) is 5.20. The van der Waals surface area contributed by atoms with E-state index in [1.54, 1.807) is 0 Å². The lowest BCUT2D eigenvalue weighted by molar-refractivity contribution is -0.136. The molecule has 0 radical (unpaired) electrons. The van der Waals surface area contributed by atoms with Gasteiger partial charge < -0.3 is 0 Å². The maximum absolute atomic E-state index is 13.6. The lowest BCUT2D eigenvalue weighted by Crippen LogP contribution is -2.05. The molecule has 1 nitrogen and oxygen atoms in total. The first kappa shape index (κ1) is 14.0. The van der Waals surface area contributed by atoms with Gasteiger partial charge in [-0.15, -0.1) is 0 Å². The molecular weight excluding hydrogens is 277 g/mol. The topological polar surface area (TPSA) is 4.36 Å². The van der Waals surface area contributed by atoms with E-state index in [1.807, 2.05) is 0 Å². The summed E-state index contributed by atoms with van der Waals surface area (Å²) in [6.45, 7) is 6.70. The molecule has 0 aliphatic carbocycles. The monoisotopic (exact) mass is 283 g/mol. The second kappa shape index (κ2) is 4.93. The Labute approximate surface area is 111 Å². The smallest absolute Gasteiger partial charge is 0.238 e. The molecule has 0 bridgehead atoms. The Balaban J connectivity index is 2.70. The fourth-order valence-electron chi connectivity index (χ4n) is 1.79. The van der Waals surface area contributed by atoms with Crippen molar-refractivity contribution in [2.75, 3.05) is 0 Å². The highest BCUT2D eigenvalue weighted by Gasteiger charge is 2.34. The highest BCUT2D eigenvalue weighted by atomic mass is 19.4. The summed E-state index contributed by atoms with van der Waals surface area (Å²) >= 11 is 0. The Morgan fingerprint density at radius 3 is 2.05 bits per heavy atom. The zero-order valence-corrected chi connectivity index (χ0v) is 9.80. The van der Waals surface area contributed by atoms with E-state index in [-0.39, 0.29) is 5.56 Å². The summed E-state index contributed by atoms with van der Waals surface area (Å²) in [5.74, 6) is -1.93. The molecule has 6 heteroatoms. The highest BCUT2D eigenvalue weighted by molar-refractivity contribution is 5.70. The molecule has 2 rings (SSSR count). The Morgan fingerprint density at radius 2 is 1.55 bits per heavy atom. The van der Waals surface area contributed by atoms with E-state index in [9.17, 15) is 22.0 Å². The van der Waals surface area contributed by atoms with Gasteiger partial charge >= 0.3 is 6.18 Å². The minimum Gasteiger partial charge on any atom is -0.238 e. The van der Waals surface area contributed by atoms with Crippen molar-refractivity contribution in [3.05, 3.63) is 65.0 Å². The van der Waals surface area contributed by atoms with Crippen molar-refractivity contribution >= 4 is 5.69 Å². The Kier molecular flexibility index (Phi) is 3.45. The first-order valence-corrected chi connectivity index (χ1v) is 5.37. The summed E-state index contributed by atoms with van der Waals surface area (Å²) in [7, 11) is 0. The van der Waals surface area contributed by atoms with E-state index < -0.39 is 34.6 Å². The lowest BCUT2D eigenvalue weighted by atomic mass is 10.0. The maximum atomic E-state index is 13.6. The summed E-state index contributed by atoms with van der Waals surface area (Å²) in [5, 5.41) is 0. The Morgan fingerprint density at radius 1 is 0.950 bits per heavy atom. The van der Waals surface area contributed by atoms with Gasteiger partial charge in [0.05, 0.1) is 17.7 Å². The molecular formula is C14H6F5N. The van der Waals surface area contributed by atoms with E-state index in [2.05, 4.69) is 4.85 Å². The van der Waals surface area contributed by atoms with Crippen LogP contribution in [-0.4, -0.2) is 0 Å². The van der Waals surface area contributed by atoms with Crippen molar-refractivity contribution in [2.24, 2.45) is 0 Å². The molecule has 0 saturated carbocycles. The molecule has 2 aromatic rings. The third-order valence-electron chi connectivity index (χ3n) is 2.67. The molecule has 20 heavy (non-hydrogen) atoms. The number of rotatable bonds is 1. The van der Waals surface area contributed by atoms with Crippen molar-refractivity contribution in [3.8, 4) is 11.1 Å². The summed E-state index contributed by atoms with van der Waals surface area (Å²) in [5.41, 5.74) is -2.64. The summed E-state index contributed by atoms with van der Waals surface area (Å²) in [4.78, 5) is 2.76. The number of hydrogen-bond acceptors (Lipinski definition) is 0. The number of benzene rings is 2. The minimum atomic E-state index is -4.77. The van der Waals surface area contributed by atoms with Crippen LogP contribution in [0.25, 0.3) is 16.0 Å². The molecule has 0 unspecified atom stereocenters. The minimum absolute atomic E-state index is 0.264. The molecule has 0 saturated heterocycles. The van der Waals surface area contributed by atoms with Gasteiger partial charge in [-0.2, -0.15) is 13.2 Å². The van der Waals surface area contributed by atoms with Gasteiger partial charge in [0.1, 0.15) is 11.6 Å². The van der Waals surface area contributed by atoms with Crippen molar-refractivity contribution in [2.45, 2.75) is 6.18 Å². The van der Waals surface area contributed by atoms with Gasteiger partial charge in [0.25, 0.3) is 0 Å². The zero-order valence-electron chi connectivity index (χ0n) is 9.80. The fraction of sp³-hybridized carbons (Fsp3) is 0.0714. The Hall–Kier alpha value is -2.42. The molecule has 0 aromatic heterocycles. The van der Waals surface area contributed by atoms with Crippen molar-refractivity contribution in [1.82, 2.24) is 0 Å². The van der Waals surface area contributed by atoms with Crippen LogP contribution in [0.4, 0.5) is 27.6 Å². The molecule has 0 atom stereocenters. The molecule has 102 valence electrons. The fourth-order valence-corrected chi connectivity index (χ4v) is 1.79. The van der Waals surface area contributed by atoms with Gasteiger partial charge in [0.2, 0.25) is 0 Å². The van der Waals surface area contributed by atoms with Gasteiger partial charge in [-0.3, -0.25) is 0 Å². The van der Waals surface area contributed by atoms with Gasteiger partial charge in [0, 0.05) is 0 Å². The molecule has 0 aliphatic rings. The van der Waals surface area contributed by atoms with E-state index in [0.29, 0.717) is 6.07 Å². The second-order valence-corrected chi connectivity index (χ2v) is 3.94. The molecule has 0 fully saturated rings. The third kappa shape index (κ3) is 2.48. The maximum Gasteiger partial charge on any atom is 0.407 e. The van der Waals surface area contributed by atoms with Crippen LogP contribution in [0.3, 0.4) is 0 Å². The van der Waals surface area contributed by atoms with E-state index in [1.165, 1.54) is 0 Å². The van der Waals surface area contributed by atoms with Crippen molar-refractivity contribution in [1.29, 1.82) is 0 Å². The molecule has 2 aromatic carbocycles. The van der Waals surface area contributed by atoms with Crippen LogP contribution in [-0.2, 0) is 6.18 Å². The normalized spacial score (nSPS) is 11.2. The molecule has 0 N–H and O–H groups in total. The second-order valence-electron chi connectivity index (χ2n) is 3.94. The standard InChI is InChI=1S/C14H6F5N/c1-20-12-6-5-8(7-9(12)14(17,18)19)13-10(15)3-2-4-11(13)16/h2-7H. The van der Waals surface area contributed by atoms with E-state index in [4.69, 9.17) is 6.57 Å². The van der Waals surface area contributed by atoms with Crippen LogP contribution in [0.1, 0.15) is 5.56 Å². The van der Waals surface area contributed by atoms with Gasteiger partial charge in [0.15, 0.2) is 5.69 Å². The Bertz CT molecular complexity index is 677. The zero-order chi connectivity index (χ0) is 14.9. The average molecular weight is 283 g/mol. The predicted molar refractivity (Wildman–Crippen MR) is 63.1 cm³/mol. The van der Waals surface area contributed by atoms with Crippen LogP contribution in [0.15, 0.2) is 36.4 Å². The number of alkyl halides is 3. The van der Waals surface area contributed by atoms with Crippen LogP contribution in [0.2, 0.25) is 0 Å². The lowest BCUT2D eigenvalue weighted by Gasteiger charge is -2.12. The van der Waals surface area contributed by atoms with E-state index >= 15 is 0 Å². The van der Waals surface area contributed by atoms with Crippen molar-refractivity contribution < 1.29 is 22.0 Å². The number of halogens is 5. The largest absolute Gasteiger partial charge is 0.407 e. The molecule has 0 amide bonds. The SMILES string of the molecule is [C-]#[N+]c1ccc(-c2c(F)cccc2F)cc1C(F)(F)F. The van der Waals surface area contributed by atoms with Crippen LogP contribution in [0.5, 0.6) is 0 Å². The molecule has 0 aliphatic heterocycles. The first-order chi connectivity index (χ1) is 9.34. The van der Waals surface area contributed by atoms with Crippen LogP contribution >= 0.6 is 0 Å². The van der Waals surface area contributed by atoms with Crippen LogP contribution in [0, 0.1) is 18.2 Å². The summed E-state index contributed by atoms with van der Waals surface area (Å²) in [6.07, 6.45) is -4.77.